The molecule has 0 bridgehead atoms. The van der Waals surface area contributed by atoms with Crippen molar-refractivity contribution >= 4 is 27.3 Å². The van der Waals surface area contributed by atoms with Gasteiger partial charge in [-0.2, -0.15) is 0 Å². The fourth-order valence-electron chi connectivity index (χ4n) is 3.32. The van der Waals surface area contributed by atoms with Gasteiger partial charge in [-0.15, -0.1) is 0 Å². The lowest BCUT2D eigenvalue weighted by atomic mass is 10.1. The third-order valence-corrected chi connectivity index (χ3v) is 6.98. The number of aromatic nitrogens is 2. The summed E-state index contributed by atoms with van der Waals surface area (Å²) in [6, 6.07) is 8.01. The minimum atomic E-state index is -3.85. The smallest absolute Gasteiger partial charge is 0.246 e. The maximum Gasteiger partial charge on any atom is 0.246 e. The van der Waals surface area contributed by atoms with Gasteiger partial charge in [-0.3, -0.25) is 0 Å². The number of nitrogens with zero attached hydrogens (tertiary/aromatic N) is 5. The quantitative estimate of drug-likeness (QED) is 0.422. The molecule has 12 heteroatoms. The first kappa shape index (κ1) is 22.7. The third-order valence-electron chi connectivity index (χ3n) is 5.14. The van der Waals surface area contributed by atoms with E-state index < -0.39 is 15.8 Å². The van der Waals surface area contributed by atoms with Gasteiger partial charge in [0.05, 0.1) is 11.7 Å². The van der Waals surface area contributed by atoms with Crippen LogP contribution in [0.5, 0.6) is 5.75 Å². The van der Waals surface area contributed by atoms with E-state index in [1.807, 2.05) is 26.0 Å². The highest BCUT2D eigenvalue weighted by atomic mass is 32.2. The van der Waals surface area contributed by atoms with Crippen molar-refractivity contribution in [2.75, 3.05) is 31.4 Å². The Kier molecular flexibility index (Phi) is 6.04. The fourth-order valence-corrected chi connectivity index (χ4v) is 4.32. The van der Waals surface area contributed by atoms with Gasteiger partial charge in [0.2, 0.25) is 10.0 Å². The van der Waals surface area contributed by atoms with E-state index in [9.17, 15) is 13.5 Å². The third kappa shape index (κ3) is 4.39. The summed E-state index contributed by atoms with van der Waals surface area (Å²) in [7, 11) is -1.06. The first-order valence-corrected chi connectivity index (χ1v) is 11.8. The monoisotopic (exact) mass is 471 g/mol. The summed E-state index contributed by atoms with van der Waals surface area (Å²) in [4.78, 5) is 17.3. The van der Waals surface area contributed by atoms with Crippen LogP contribution in [-0.2, 0) is 10.0 Å². The van der Waals surface area contributed by atoms with Gasteiger partial charge in [-0.25, -0.2) is 32.7 Å². The molecule has 0 saturated carbocycles. The van der Waals surface area contributed by atoms with Crippen molar-refractivity contribution in [1.29, 1.82) is 0 Å². The number of rotatable bonds is 8. The molecule has 4 rings (SSSR count). The van der Waals surface area contributed by atoms with Crippen molar-refractivity contribution in [3.05, 3.63) is 52.8 Å². The van der Waals surface area contributed by atoms with Crippen LogP contribution < -0.4 is 21.6 Å². The molecule has 0 unspecified atom stereocenters. The molecule has 0 spiro atoms. The summed E-state index contributed by atoms with van der Waals surface area (Å²) in [5.41, 5.74) is 0.926. The van der Waals surface area contributed by atoms with Crippen molar-refractivity contribution in [2.45, 2.75) is 31.2 Å². The molecule has 1 atom stereocenters. The Balaban J connectivity index is 1.76. The maximum absolute atomic E-state index is 12.6. The molecule has 0 saturated heterocycles. The standard InChI is InChI=1S/C21H25N7O4S/c1-5-13(15-10-9-12(2)32-15)24-20-21(27-19-18(26-20)22-11-23-19)25-14-7-6-8-16(17(14)29)33(30,31)28(3)4/h6-10,13,29H,5,11H2,1-4H3,(H,22,24,26)(H,23,25,27)/t13-/m1/s1. The first-order valence-electron chi connectivity index (χ1n) is 10.3. The lowest BCUT2D eigenvalue weighted by molar-refractivity contribution is 0.452. The summed E-state index contributed by atoms with van der Waals surface area (Å²) in [5, 5.41) is 17.1. The van der Waals surface area contributed by atoms with Crippen molar-refractivity contribution in [3.8, 4) is 5.75 Å². The number of aryl methyl sites for hydroxylation is 1. The van der Waals surface area contributed by atoms with Crippen molar-refractivity contribution in [2.24, 2.45) is 9.98 Å². The topological polar surface area (TPSA) is 145 Å². The van der Waals surface area contributed by atoms with Crippen LogP contribution in [0.4, 0.5) is 17.3 Å². The molecule has 3 N–H and O–H groups in total. The maximum atomic E-state index is 12.6. The number of furan rings is 1. The Labute approximate surface area is 191 Å². The molecule has 0 amide bonds. The SMILES string of the molecule is CC[C@@H](Nc1nc2c(nc1Nc1cccc(S(=O)(=O)N(C)C)c1O)=NCN=2)c1ccc(C)o1. The minimum absolute atomic E-state index is 0.159. The van der Waals surface area contributed by atoms with E-state index >= 15 is 0 Å². The number of para-hydroxylation sites is 1. The van der Waals surface area contributed by atoms with E-state index in [0.29, 0.717) is 23.2 Å². The summed E-state index contributed by atoms with van der Waals surface area (Å²) in [6.45, 7) is 4.11. The average Bonchev–Trinajstić information content (AvgIpc) is 3.41. The van der Waals surface area contributed by atoms with Crippen LogP contribution in [-0.4, -0.2) is 48.6 Å². The van der Waals surface area contributed by atoms with Crippen LogP contribution >= 0.6 is 0 Å². The van der Waals surface area contributed by atoms with Gasteiger partial charge in [-0.1, -0.05) is 13.0 Å². The molecule has 0 radical (unpaired) electrons. The molecule has 3 aromatic rings. The number of benzene rings is 1. The Morgan fingerprint density at radius 3 is 2.42 bits per heavy atom. The zero-order valence-corrected chi connectivity index (χ0v) is 19.5. The largest absolute Gasteiger partial charge is 0.504 e. The molecule has 1 aromatic carbocycles. The molecule has 33 heavy (non-hydrogen) atoms. The van der Waals surface area contributed by atoms with Crippen LogP contribution in [0.15, 0.2) is 49.6 Å². The Morgan fingerprint density at radius 2 is 1.82 bits per heavy atom. The zero-order chi connectivity index (χ0) is 23.8. The van der Waals surface area contributed by atoms with E-state index in [-0.39, 0.29) is 29.1 Å². The predicted molar refractivity (Wildman–Crippen MR) is 122 cm³/mol. The molecule has 0 fully saturated rings. The minimum Gasteiger partial charge on any atom is -0.504 e. The van der Waals surface area contributed by atoms with Crippen LogP contribution in [0.3, 0.4) is 0 Å². The van der Waals surface area contributed by atoms with Gasteiger partial charge in [0.25, 0.3) is 0 Å². The molecule has 174 valence electrons. The van der Waals surface area contributed by atoms with Gasteiger partial charge in [0.1, 0.15) is 23.1 Å². The predicted octanol–water partition coefficient (Wildman–Crippen LogP) is 1.85. The summed E-state index contributed by atoms with van der Waals surface area (Å²) in [5.74, 6) is 1.75. The van der Waals surface area contributed by atoms with Gasteiger partial charge >= 0.3 is 0 Å². The van der Waals surface area contributed by atoms with E-state index in [1.165, 1.54) is 26.2 Å². The Bertz CT molecular complexity index is 1420. The van der Waals surface area contributed by atoms with Crippen molar-refractivity contribution in [1.82, 2.24) is 14.3 Å². The molecule has 0 aliphatic carbocycles. The van der Waals surface area contributed by atoms with Gasteiger partial charge in [0, 0.05) is 14.1 Å². The molecular formula is C21H25N7O4S. The van der Waals surface area contributed by atoms with Gasteiger partial charge in [-0.05, 0) is 37.6 Å². The number of phenols is 1. The number of aromatic hydroxyl groups is 1. The fraction of sp³-hybridized carbons (Fsp3) is 0.333. The number of hydrogen-bond donors (Lipinski definition) is 3. The molecule has 1 aliphatic rings. The van der Waals surface area contributed by atoms with Crippen molar-refractivity contribution in [3.63, 3.8) is 0 Å². The van der Waals surface area contributed by atoms with E-state index in [0.717, 1.165) is 15.8 Å². The first-order chi connectivity index (χ1) is 15.7. The lowest BCUT2D eigenvalue weighted by Crippen LogP contribution is -2.31. The summed E-state index contributed by atoms with van der Waals surface area (Å²) in [6.07, 6.45) is 0.703. The summed E-state index contributed by atoms with van der Waals surface area (Å²) < 4.78 is 32.0. The number of anilines is 3. The lowest BCUT2D eigenvalue weighted by Gasteiger charge is -2.19. The number of nitrogens with one attached hydrogen (secondary N) is 2. The normalized spacial score (nSPS) is 13.8. The van der Waals surface area contributed by atoms with Crippen LogP contribution in [0.1, 0.15) is 30.9 Å². The Morgan fingerprint density at radius 1 is 1.12 bits per heavy atom. The second-order valence-corrected chi connectivity index (χ2v) is 9.76. The molecule has 1 aliphatic heterocycles. The Hall–Kier alpha value is -3.51. The number of fused-ring (bicyclic) bond motifs is 1. The second kappa shape index (κ2) is 8.79. The van der Waals surface area contributed by atoms with Crippen LogP contribution in [0, 0.1) is 6.92 Å². The average molecular weight is 472 g/mol. The number of sulfonamides is 1. The molecular weight excluding hydrogens is 446 g/mol. The van der Waals surface area contributed by atoms with E-state index in [2.05, 4.69) is 30.6 Å². The van der Waals surface area contributed by atoms with Crippen LogP contribution in [0.2, 0.25) is 0 Å². The highest BCUT2D eigenvalue weighted by molar-refractivity contribution is 7.89. The zero-order valence-electron chi connectivity index (χ0n) is 18.7. The second-order valence-electron chi connectivity index (χ2n) is 7.64. The number of phenolic OH excluding ortho intramolecular Hbond substituents is 1. The summed E-state index contributed by atoms with van der Waals surface area (Å²) >= 11 is 0. The van der Waals surface area contributed by atoms with Crippen molar-refractivity contribution < 1.29 is 17.9 Å². The highest BCUT2D eigenvalue weighted by Gasteiger charge is 2.24. The molecule has 11 nitrogen and oxygen atoms in total. The highest BCUT2D eigenvalue weighted by Crippen LogP contribution is 2.35. The van der Waals surface area contributed by atoms with E-state index in [1.54, 1.807) is 6.07 Å². The van der Waals surface area contributed by atoms with E-state index in [4.69, 9.17) is 4.42 Å². The molecule has 2 aromatic heterocycles. The van der Waals surface area contributed by atoms with Gasteiger partial charge < -0.3 is 20.2 Å². The molecule has 3 heterocycles. The van der Waals surface area contributed by atoms with Gasteiger partial charge in [0.15, 0.2) is 28.4 Å². The van der Waals surface area contributed by atoms with Crippen LogP contribution in [0.25, 0.3) is 0 Å². The number of hydrogen-bond acceptors (Lipinski definition) is 10.